The van der Waals surface area contributed by atoms with Gasteiger partial charge < -0.3 is 5.11 Å². The fourth-order valence-corrected chi connectivity index (χ4v) is 1.50. The van der Waals surface area contributed by atoms with E-state index in [1.54, 1.807) is 12.1 Å². The van der Waals surface area contributed by atoms with E-state index in [2.05, 4.69) is 4.98 Å². The van der Waals surface area contributed by atoms with Crippen molar-refractivity contribution in [2.24, 2.45) is 0 Å². The Morgan fingerprint density at radius 1 is 1.24 bits per heavy atom. The molecule has 0 aliphatic carbocycles. The molecule has 2 rings (SSSR count). The van der Waals surface area contributed by atoms with E-state index in [0.29, 0.717) is 0 Å². The van der Waals surface area contributed by atoms with Gasteiger partial charge in [0.1, 0.15) is 5.75 Å². The van der Waals surface area contributed by atoms with E-state index in [9.17, 15) is 9.18 Å². The number of Topliss-reactive ketones (excluding diaryl/α,β-unsaturated/α-hetero) is 1. The maximum atomic E-state index is 13.3. The Morgan fingerprint density at radius 2 is 1.94 bits per heavy atom. The zero-order valence-corrected chi connectivity index (χ0v) is 8.93. The summed E-state index contributed by atoms with van der Waals surface area (Å²) in [5, 5.41) is 9.10. The van der Waals surface area contributed by atoms with Crippen LogP contribution in [-0.4, -0.2) is 15.9 Å². The number of pyridine rings is 1. The van der Waals surface area contributed by atoms with Gasteiger partial charge in [-0.05, 0) is 23.8 Å². The van der Waals surface area contributed by atoms with Crippen LogP contribution in [0.15, 0.2) is 42.7 Å². The number of phenols is 1. The largest absolute Gasteiger partial charge is 0.508 e. The van der Waals surface area contributed by atoms with Crippen LogP contribution in [0.2, 0.25) is 0 Å². The minimum Gasteiger partial charge on any atom is -0.508 e. The molecule has 1 heterocycles. The van der Waals surface area contributed by atoms with E-state index in [0.717, 1.165) is 11.8 Å². The Labute approximate surface area is 97.6 Å². The number of hydrogen-bond acceptors (Lipinski definition) is 3. The van der Waals surface area contributed by atoms with E-state index >= 15 is 0 Å². The first-order valence-electron chi connectivity index (χ1n) is 5.07. The van der Waals surface area contributed by atoms with E-state index in [1.165, 1.54) is 24.4 Å². The third-order valence-corrected chi connectivity index (χ3v) is 2.37. The van der Waals surface area contributed by atoms with Crippen molar-refractivity contribution in [3.8, 4) is 5.75 Å². The van der Waals surface area contributed by atoms with Gasteiger partial charge in [-0.25, -0.2) is 4.39 Å². The first-order valence-corrected chi connectivity index (χ1v) is 5.07. The first-order chi connectivity index (χ1) is 8.16. The maximum absolute atomic E-state index is 13.3. The molecule has 1 N–H and O–H groups in total. The lowest BCUT2D eigenvalue weighted by Gasteiger charge is -2.02. The molecule has 0 unspecified atom stereocenters. The average Bonchev–Trinajstić information content (AvgIpc) is 2.32. The second-order valence-corrected chi connectivity index (χ2v) is 3.62. The number of carbonyl (C=O) groups excluding carboxylic acids is 1. The summed E-state index contributed by atoms with van der Waals surface area (Å²) < 4.78 is 13.3. The highest BCUT2D eigenvalue weighted by Gasteiger charge is 2.11. The monoisotopic (exact) mass is 231 g/mol. The molecule has 86 valence electrons. The van der Waals surface area contributed by atoms with Crippen LogP contribution >= 0.6 is 0 Å². The topological polar surface area (TPSA) is 50.2 Å². The molecule has 17 heavy (non-hydrogen) atoms. The predicted molar refractivity (Wildman–Crippen MR) is 60.3 cm³/mol. The number of halogens is 1. The van der Waals surface area contributed by atoms with Crippen molar-refractivity contribution in [2.45, 2.75) is 6.42 Å². The second-order valence-electron chi connectivity index (χ2n) is 3.62. The maximum Gasteiger partial charge on any atom is 0.170 e. The molecule has 0 aliphatic rings. The molecular formula is C13H10FNO2. The molecule has 0 spiro atoms. The van der Waals surface area contributed by atoms with Gasteiger partial charge in [0.2, 0.25) is 0 Å². The minimum atomic E-state index is -0.615. The van der Waals surface area contributed by atoms with Gasteiger partial charge in [-0.3, -0.25) is 9.78 Å². The highest BCUT2D eigenvalue weighted by molar-refractivity contribution is 5.97. The second kappa shape index (κ2) is 4.74. The van der Waals surface area contributed by atoms with Crippen molar-refractivity contribution in [1.29, 1.82) is 0 Å². The molecule has 0 amide bonds. The zero-order chi connectivity index (χ0) is 12.3. The lowest BCUT2D eigenvalue weighted by molar-refractivity contribution is 0.0989. The Bertz CT molecular complexity index is 537. The van der Waals surface area contributed by atoms with Gasteiger partial charge in [0.15, 0.2) is 11.6 Å². The smallest absolute Gasteiger partial charge is 0.170 e. The molecule has 0 bridgehead atoms. The number of phenolic OH excluding ortho intramolecular Hbond substituents is 1. The van der Waals surface area contributed by atoms with E-state index < -0.39 is 5.82 Å². The fourth-order valence-electron chi connectivity index (χ4n) is 1.50. The van der Waals surface area contributed by atoms with Gasteiger partial charge in [-0.1, -0.05) is 12.1 Å². The van der Waals surface area contributed by atoms with E-state index in [4.69, 9.17) is 5.11 Å². The van der Waals surface area contributed by atoms with Crippen molar-refractivity contribution in [2.75, 3.05) is 0 Å². The molecular weight excluding hydrogens is 221 g/mol. The van der Waals surface area contributed by atoms with Crippen molar-refractivity contribution in [3.05, 3.63) is 59.7 Å². The summed E-state index contributed by atoms with van der Waals surface area (Å²) in [6.07, 6.45) is 2.50. The predicted octanol–water partition coefficient (Wildman–Crippen LogP) is 2.35. The normalized spacial score (nSPS) is 10.2. The number of aromatic hydroxyl groups is 1. The van der Waals surface area contributed by atoms with E-state index in [-0.39, 0.29) is 23.5 Å². The number of benzene rings is 1. The average molecular weight is 231 g/mol. The molecule has 1 aromatic carbocycles. The number of nitrogens with zero attached hydrogens (tertiary/aromatic N) is 1. The van der Waals surface area contributed by atoms with Crippen molar-refractivity contribution in [1.82, 2.24) is 4.98 Å². The van der Waals surface area contributed by atoms with E-state index in [1.807, 2.05) is 0 Å². The van der Waals surface area contributed by atoms with Gasteiger partial charge in [-0.2, -0.15) is 0 Å². The molecule has 0 saturated heterocycles. The number of hydrogen-bond donors (Lipinski definition) is 1. The first kappa shape index (κ1) is 11.3. The molecule has 2 aromatic rings. The van der Waals surface area contributed by atoms with Gasteiger partial charge in [0.25, 0.3) is 0 Å². The van der Waals surface area contributed by atoms with Crippen molar-refractivity contribution in [3.63, 3.8) is 0 Å². The molecule has 0 saturated carbocycles. The highest BCUT2D eigenvalue weighted by Crippen LogP contribution is 2.13. The molecule has 0 radical (unpaired) electrons. The SMILES string of the molecule is O=C(Cc1ccc(O)cc1)c1ccncc1F. The molecule has 0 aliphatic heterocycles. The Hall–Kier alpha value is -2.23. The summed E-state index contributed by atoms with van der Waals surface area (Å²) in [5.41, 5.74) is 0.761. The van der Waals surface area contributed by atoms with Crippen LogP contribution in [0.4, 0.5) is 4.39 Å². The molecule has 0 atom stereocenters. The lowest BCUT2D eigenvalue weighted by atomic mass is 10.0. The third-order valence-electron chi connectivity index (χ3n) is 2.37. The van der Waals surface area contributed by atoms with Crippen LogP contribution in [0.5, 0.6) is 5.75 Å². The summed E-state index contributed by atoms with van der Waals surface area (Å²) >= 11 is 0. The number of aromatic nitrogens is 1. The minimum absolute atomic E-state index is 0.0353. The molecule has 4 heteroatoms. The quantitative estimate of drug-likeness (QED) is 0.825. The Kier molecular flexibility index (Phi) is 3.14. The summed E-state index contributed by atoms with van der Waals surface area (Å²) in [6.45, 7) is 0. The van der Waals surface area contributed by atoms with Crippen LogP contribution in [0.1, 0.15) is 15.9 Å². The summed E-state index contributed by atoms with van der Waals surface area (Å²) in [7, 11) is 0. The summed E-state index contributed by atoms with van der Waals surface area (Å²) in [5.74, 6) is -0.789. The van der Waals surface area contributed by atoms with Crippen LogP contribution in [-0.2, 0) is 6.42 Å². The number of ketones is 1. The zero-order valence-electron chi connectivity index (χ0n) is 8.93. The van der Waals surface area contributed by atoms with Gasteiger partial charge in [-0.15, -0.1) is 0 Å². The van der Waals surface area contributed by atoms with Crippen LogP contribution in [0, 0.1) is 5.82 Å². The molecule has 0 fully saturated rings. The van der Waals surface area contributed by atoms with Crippen LogP contribution in [0.3, 0.4) is 0 Å². The highest BCUT2D eigenvalue weighted by atomic mass is 19.1. The number of carbonyl (C=O) groups is 1. The Morgan fingerprint density at radius 3 is 2.59 bits per heavy atom. The van der Waals surface area contributed by atoms with Crippen LogP contribution in [0.25, 0.3) is 0 Å². The molecule has 3 nitrogen and oxygen atoms in total. The molecule has 1 aromatic heterocycles. The summed E-state index contributed by atoms with van der Waals surface area (Å²) in [4.78, 5) is 15.4. The van der Waals surface area contributed by atoms with Crippen molar-refractivity contribution >= 4 is 5.78 Å². The third kappa shape index (κ3) is 2.66. The summed E-state index contributed by atoms with van der Waals surface area (Å²) in [6, 6.07) is 7.60. The van der Waals surface area contributed by atoms with Gasteiger partial charge >= 0.3 is 0 Å². The standard InChI is InChI=1S/C13H10FNO2/c14-12-8-15-6-5-11(12)13(17)7-9-1-3-10(16)4-2-9/h1-6,8,16H,7H2. The van der Waals surface area contributed by atoms with Gasteiger partial charge in [0.05, 0.1) is 11.8 Å². The number of rotatable bonds is 3. The lowest BCUT2D eigenvalue weighted by Crippen LogP contribution is -2.06. The van der Waals surface area contributed by atoms with Crippen LogP contribution < -0.4 is 0 Å². The fraction of sp³-hybridized carbons (Fsp3) is 0.0769. The van der Waals surface area contributed by atoms with Crippen molar-refractivity contribution < 1.29 is 14.3 Å². The Balaban J connectivity index is 2.17. The van der Waals surface area contributed by atoms with Gasteiger partial charge in [0, 0.05) is 12.6 Å².